The zero-order chi connectivity index (χ0) is 20.8. The lowest BCUT2D eigenvalue weighted by molar-refractivity contribution is -0.121. The van der Waals surface area contributed by atoms with Gasteiger partial charge in [-0.05, 0) is 39.3 Å². The molecule has 0 spiro atoms. The van der Waals surface area contributed by atoms with Gasteiger partial charge in [0.1, 0.15) is 5.39 Å². The molecule has 1 N–H and O–H groups in total. The predicted molar refractivity (Wildman–Crippen MR) is 111 cm³/mol. The van der Waals surface area contributed by atoms with E-state index in [1.165, 1.54) is 17.1 Å². The number of rotatable bonds is 9. The van der Waals surface area contributed by atoms with Gasteiger partial charge in [-0.1, -0.05) is 17.7 Å². The number of carbonyl (C=O) groups excluding carboxylic acids is 1. The summed E-state index contributed by atoms with van der Waals surface area (Å²) >= 11 is 0. The minimum absolute atomic E-state index is 0.100. The second-order valence-electron chi connectivity index (χ2n) is 7.25. The molecule has 8 nitrogen and oxygen atoms in total. The Bertz CT molecular complexity index is 1020. The minimum atomic E-state index is -0.202. The quantitative estimate of drug-likeness (QED) is 0.559. The van der Waals surface area contributed by atoms with E-state index in [4.69, 9.17) is 4.74 Å². The van der Waals surface area contributed by atoms with Gasteiger partial charge in [0.25, 0.3) is 5.56 Å². The third-order valence-electron chi connectivity index (χ3n) is 4.51. The Morgan fingerprint density at radius 2 is 2.00 bits per heavy atom. The van der Waals surface area contributed by atoms with E-state index in [0.29, 0.717) is 24.2 Å². The van der Waals surface area contributed by atoms with Crippen molar-refractivity contribution in [1.82, 2.24) is 24.6 Å². The fraction of sp³-hybridized carbons (Fsp3) is 0.429. The average molecular weight is 397 g/mol. The van der Waals surface area contributed by atoms with Crippen LogP contribution in [0.3, 0.4) is 0 Å². The van der Waals surface area contributed by atoms with E-state index in [0.717, 1.165) is 17.7 Å². The van der Waals surface area contributed by atoms with Crippen molar-refractivity contribution >= 4 is 16.9 Å². The van der Waals surface area contributed by atoms with Crippen LogP contribution in [0.2, 0.25) is 0 Å². The van der Waals surface area contributed by atoms with Gasteiger partial charge in [0.15, 0.2) is 5.65 Å². The number of fused-ring (bicyclic) bond motifs is 1. The fourth-order valence-electron chi connectivity index (χ4n) is 2.91. The molecule has 29 heavy (non-hydrogen) atoms. The summed E-state index contributed by atoms with van der Waals surface area (Å²) in [5.74, 6) is -0.100. The molecule has 0 radical (unpaired) electrons. The van der Waals surface area contributed by atoms with Crippen LogP contribution in [0, 0.1) is 6.92 Å². The highest BCUT2D eigenvalue weighted by molar-refractivity contribution is 5.76. The number of amides is 1. The lowest BCUT2D eigenvalue weighted by atomic mass is 10.2. The van der Waals surface area contributed by atoms with Gasteiger partial charge in [-0.15, -0.1) is 0 Å². The fourth-order valence-corrected chi connectivity index (χ4v) is 2.91. The summed E-state index contributed by atoms with van der Waals surface area (Å²) in [4.78, 5) is 29.1. The van der Waals surface area contributed by atoms with Gasteiger partial charge in [0.2, 0.25) is 5.91 Å². The largest absolute Gasteiger partial charge is 0.379 e. The van der Waals surface area contributed by atoms with E-state index in [9.17, 15) is 9.59 Å². The molecule has 0 unspecified atom stereocenters. The zero-order valence-electron chi connectivity index (χ0n) is 17.1. The third kappa shape index (κ3) is 5.29. The molecule has 3 rings (SSSR count). The number of hydrogen-bond donors (Lipinski definition) is 1. The van der Waals surface area contributed by atoms with E-state index in [2.05, 4.69) is 15.4 Å². The Morgan fingerprint density at radius 3 is 2.72 bits per heavy atom. The zero-order valence-corrected chi connectivity index (χ0v) is 17.1. The Balaban J connectivity index is 1.61. The van der Waals surface area contributed by atoms with E-state index in [1.807, 2.05) is 45.0 Å². The topological polar surface area (TPSA) is 91.0 Å². The van der Waals surface area contributed by atoms with Gasteiger partial charge in [-0.3, -0.25) is 14.2 Å². The molecular formula is C21H27N5O3. The van der Waals surface area contributed by atoms with E-state index in [-0.39, 0.29) is 30.5 Å². The lowest BCUT2D eigenvalue weighted by Crippen LogP contribution is -2.28. The first-order chi connectivity index (χ1) is 14.0. The average Bonchev–Trinajstić information content (AvgIpc) is 3.12. The number of carbonyl (C=O) groups is 1. The Hall–Kier alpha value is -3.00. The van der Waals surface area contributed by atoms with Crippen LogP contribution < -0.4 is 10.9 Å². The molecule has 1 aromatic carbocycles. The molecule has 0 saturated carbocycles. The van der Waals surface area contributed by atoms with Crippen LogP contribution in [0.5, 0.6) is 0 Å². The van der Waals surface area contributed by atoms with Gasteiger partial charge < -0.3 is 10.1 Å². The minimum Gasteiger partial charge on any atom is -0.379 e. The van der Waals surface area contributed by atoms with Gasteiger partial charge >= 0.3 is 0 Å². The predicted octanol–water partition coefficient (Wildman–Crippen LogP) is 2.21. The van der Waals surface area contributed by atoms with Crippen LogP contribution in [0.25, 0.3) is 16.7 Å². The van der Waals surface area contributed by atoms with Crippen molar-refractivity contribution in [3.8, 4) is 5.69 Å². The van der Waals surface area contributed by atoms with E-state index < -0.39 is 0 Å². The van der Waals surface area contributed by atoms with Crippen molar-refractivity contribution in [3.05, 3.63) is 52.7 Å². The number of aromatic nitrogens is 4. The van der Waals surface area contributed by atoms with Crippen molar-refractivity contribution in [2.45, 2.75) is 46.3 Å². The summed E-state index contributed by atoms with van der Waals surface area (Å²) < 4.78 is 8.53. The normalized spacial score (nSPS) is 11.3. The maximum Gasteiger partial charge on any atom is 0.264 e. The summed E-state index contributed by atoms with van der Waals surface area (Å²) in [6.45, 7) is 7.41. The SMILES string of the molecule is Cc1ccc(-n2ncc3c(=O)n(CCC(=O)NCCCOC(C)C)cnc32)cc1. The highest BCUT2D eigenvalue weighted by Crippen LogP contribution is 2.14. The van der Waals surface area contributed by atoms with Gasteiger partial charge in [-0.25, -0.2) is 9.67 Å². The Kier molecular flexibility index (Phi) is 6.77. The first-order valence-corrected chi connectivity index (χ1v) is 9.84. The molecule has 0 aliphatic heterocycles. The number of aryl methyl sites for hydroxylation is 2. The van der Waals surface area contributed by atoms with E-state index >= 15 is 0 Å². The summed E-state index contributed by atoms with van der Waals surface area (Å²) in [5, 5.41) is 7.58. The highest BCUT2D eigenvalue weighted by Gasteiger charge is 2.12. The Labute approximate surface area is 169 Å². The first kappa shape index (κ1) is 20.7. The van der Waals surface area contributed by atoms with Crippen molar-refractivity contribution < 1.29 is 9.53 Å². The smallest absolute Gasteiger partial charge is 0.264 e. The van der Waals surface area contributed by atoms with Crippen molar-refractivity contribution in [3.63, 3.8) is 0 Å². The number of benzene rings is 1. The van der Waals surface area contributed by atoms with Gasteiger partial charge in [-0.2, -0.15) is 5.10 Å². The third-order valence-corrected chi connectivity index (χ3v) is 4.51. The molecule has 2 aromatic heterocycles. The van der Waals surface area contributed by atoms with Crippen LogP contribution in [-0.2, 0) is 16.1 Å². The van der Waals surface area contributed by atoms with E-state index in [1.54, 1.807) is 4.68 Å². The molecule has 2 heterocycles. The molecule has 0 atom stereocenters. The summed E-state index contributed by atoms with van der Waals surface area (Å²) in [5.41, 5.74) is 2.29. The molecular weight excluding hydrogens is 370 g/mol. The molecule has 8 heteroatoms. The molecule has 3 aromatic rings. The number of nitrogens with zero attached hydrogens (tertiary/aromatic N) is 4. The first-order valence-electron chi connectivity index (χ1n) is 9.84. The van der Waals surface area contributed by atoms with Gasteiger partial charge in [0.05, 0.1) is 24.3 Å². The summed E-state index contributed by atoms with van der Waals surface area (Å²) in [6, 6.07) is 7.84. The van der Waals surface area contributed by atoms with Crippen molar-refractivity contribution in [2.24, 2.45) is 0 Å². The summed E-state index contributed by atoms with van der Waals surface area (Å²) in [6.07, 6.45) is 4.16. The molecule has 0 fully saturated rings. The molecule has 0 aliphatic carbocycles. The number of ether oxygens (including phenoxy) is 1. The van der Waals surface area contributed by atoms with Crippen molar-refractivity contribution in [2.75, 3.05) is 13.2 Å². The maximum absolute atomic E-state index is 12.7. The molecule has 0 saturated heterocycles. The second-order valence-corrected chi connectivity index (χ2v) is 7.25. The van der Waals surface area contributed by atoms with Crippen LogP contribution in [0.4, 0.5) is 0 Å². The number of hydrogen-bond acceptors (Lipinski definition) is 5. The summed E-state index contributed by atoms with van der Waals surface area (Å²) in [7, 11) is 0. The number of nitrogens with one attached hydrogen (secondary N) is 1. The Morgan fingerprint density at radius 1 is 1.24 bits per heavy atom. The van der Waals surface area contributed by atoms with Crippen LogP contribution in [0.15, 0.2) is 41.6 Å². The molecule has 0 bridgehead atoms. The highest BCUT2D eigenvalue weighted by atomic mass is 16.5. The van der Waals surface area contributed by atoms with Crippen LogP contribution >= 0.6 is 0 Å². The standard InChI is InChI=1S/C21H27N5O3/c1-15(2)29-12-4-10-22-19(27)9-11-25-14-23-20-18(21(25)28)13-24-26(20)17-7-5-16(3)6-8-17/h5-8,13-15H,4,9-12H2,1-3H3,(H,22,27). The van der Waals surface area contributed by atoms with Crippen LogP contribution in [-0.4, -0.2) is 44.5 Å². The maximum atomic E-state index is 12.7. The molecule has 154 valence electrons. The lowest BCUT2D eigenvalue weighted by Gasteiger charge is -2.09. The molecule has 0 aliphatic rings. The molecule has 1 amide bonds. The van der Waals surface area contributed by atoms with Crippen LogP contribution in [0.1, 0.15) is 32.3 Å². The second kappa shape index (κ2) is 9.47. The van der Waals surface area contributed by atoms with Gasteiger partial charge in [0, 0.05) is 26.1 Å². The monoisotopic (exact) mass is 397 g/mol. The van der Waals surface area contributed by atoms with Crippen molar-refractivity contribution in [1.29, 1.82) is 0 Å².